The Morgan fingerprint density at radius 1 is 1.07 bits per heavy atom. The van der Waals surface area contributed by atoms with E-state index in [1.54, 1.807) is 0 Å². The van der Waals surface area contributed by atoms with Gasteiger partial charge in [-0.1, -0.05) is 37.9 Å². The summed E-state index contributed by atoms with van der Waals surface area (Å²) in [6, 6.07) is 5.95. The van der Waals surface area contributed by atoms with E-state index in [2.05, 4.69) is 31.9 Å². The molecule has 1 aromatic carbocycles. The molecule has 0 bridgehead atoms. The Kier molecular flexibility index (Phi) is 3.60. The summed E-state index contributed by atoms with van der Waals surface area (Å²) in [5.74, 6) is 0. The molecule has 0 radical (unpaired) electrons. The zero-order chi connectivity index (χ0) is 9.97. The fraction of sp³-hybridized carbons (Fsp3) is 0.400. The van der Waals surface area contributed by atoms with Gasteiger partial charge in [-0.25, -0.2) is 0 Å². The molecule has 1 aliphatic rings. The maximum absolute atomic E-state index is 5.54. The minimum absolute atomic E-state index is 0.242. The van der Waals surface area contributed by atoms with Crippen LogP contribution in [-0.4, -0.2) is 13.2 Å². The number of rotatable bonds is 1. The highest BCUT2D eigenvalue weighted by Gasteiger charge is 2.21. The monoisotopic (exact) mass is 320 g/mol. The molecule has 1 aliphatic heterocycles. The van der Waals surface area contributed by atoms with E-state index in [4.69, 9.17) is 9.47 Å². The molecule has 0 unspecified atom stereocenters. The van der Waals surface area contributed by atoms with Crippen LogP contribution in [0.3, 0.4) is 0 Å². The van der Waals surface area contributed by atoms with E-state index in [0.29, 0.717) is 0 Å². The zero-order valence-corrected chi connectivity index (χ0v) is 10.7. The summed E-state index contributed by atoms with van der Waals surface area (Å²) >= 11 is 6.99. The smallest absolute Gasteiger partial charge is 0.185 e. The van der Waals surface area contributed by atoms with E-state index in [1.807, 2.05) is 18.2 Å². The molecule has 0 amide bonds. The molecule has 1 fully saturated rings. The lowest BCUT2D eigenvalue weighted by molar-refractivity contribution is -0.183. The second-order valence-electron chi connectivity index (χ2n) is 3.06. The number of ether oxygens (including phenoxy) is 2. The SMILES string of the molecule is Brc1cccc(Br)c1C1OCCCO1. The van der Waals surface area contributed by atoms with Gasteiger partial charge in [0.05, 0.1) is 13.2 Å². The van der Waals surface area contributed by atoms with Gasteiger partial charge >= 0.3 is 0 Å². The van der Waals surface area contributed by atoms with Gasteiger partial charge in [0.2, 0.25) is 0 Å². The Bertz CT molecular complexity index is 302. The van der Waals surface area contributed by atoms with Gasteiger partial charge in [0, 0.05) is 14.5 Å². The molecule has 0 N–H and O–H groups in total. The Hall–Kier alpha value is 0.1000. The summed E-state index contributed by atoms with van der Waals surface area (Å²) in [7, 11) is 0. The van der Waals surface area contributed by atoms with Gasteiger partial charge in [0.15, 0.2) is 6.29 Å². The Morgan fingerprint density at radius 3 is 2.21 bits per heavy atom. The number of benzene rings is 1. The van der Waals surface area contributed by atoms with Crippen molar-refractivity contribution in [3.05, 3.63) is 32.7 Å². The number of hydrogen-bond acceptors (Lipinski definition) is 2. The lowest BCUT2D eigenvalue weighted by Gasteiger charge is -2.25. The van der Waals surface area contributed by atoms with Crippen LogP contribution in [0.25, 0.3) is 0 Å². The molecular formula is C10H10Br2O2. The van der Waals surface area contributed by atoms with Crippen LogP contribution < -0.4 is 0 Å². The van der Waals surface area contributed by atoms with Crippen molar-refractivity contribution in [3.63, 3.8) is 0 Å². The van der Waals surface area contributed by atoms with Crippen LogP contribution in [-0.2, 0) is 9.47 Å². The molecular weight excluding hydrogens is 312 g/mol. The largest absolute Gasteiger partial charge is 0.348 e. The van der Waals surface area contributed by atoms with Gasteiger partial charge in [-0.3, -0.25) is 0 Å². The van der Waals surface area contributed by atoms with Gasteiger partial charge in [-0.05, 0) is 18.6 Å². The third kappa shape index (κ3) is 2.19. The van der Waals surface area contributed by atoms with E-state index in [1.165, 1.54) is 0 Å². The summed E-state index contributed by atoms with van der Waals surface area (Å²) < 4.78 is 13.1. The fourth-order valence-corrected chi connectivity index (χ4v) is 2.76. The first-order chi connectivity index (χ1) is 6.79. The summed E-state index contributed by atoms with van der Waals surface area (Å²) in [6.07, 6.45) is 0.729. The van der Waals surface area contributed by atoms with Gasteiger partial charge in [-0.2, -0.15) is 0 Å². The standard InChI is InChI=1S/C10H10Br2O2/c11-7-3-1-4-8(12)9(7)10-13-5-2-6-14-10/h1,3-4,10H,2,5-6H2. The molecule has 1 heterocycles. The quantitative estimate of drug-likeness (QED) is 0.786. The topological polar surface area (TPSA) is 18.5 Å². The predicted octanol–water partition coefficient (Wildman–Crippen LogP) is 3.65. The van der Waals surface area contributed by atoms with Crippen LogP contribution in [0, 0.1) is 0 Å². The minimum Gasteiger partial charge on any atom is -0.348 e. The maximum atomic E-state index is 5.54. The first-order valence-electron chi connectivity index (χ1n) is 4.46. The number of hydrogen-bond donors (Lipinski definition) is 0. The number of halogens is 2. The van der Waals surface area contributed by atoms with Crippen LogP contribution in [0.2, 0.25) is 0 Å². The summed E-state index contributed by atoms with van der Waals surface area (Å²) in [4.78, 5) is 0. The molecule has 0 atom stereocenters. The normalized spacial score (nSPS) is 18.4. The highest BCUT2D eigenvalue weighted by atomic mass is 79.9. The molecule has 2 nitrogen and oxygen atoms in total. The molecule has 76 valence electrons. The molecule has 1 saturated heterocycles. The molecule has 4 heteroatoms. The maximum Gasteiger partial charge on any atom is 0.185 e. The van der Waals surface area contributed by atoms with Crippen molar-refractivity contribution >= 4 is 31.9 Å². The first kappa shape index (κ1) is 10.6. The van der Waals surface area contributed by atoms with E-state index < -0.39 is 0 Å². The van der Waals surface area contributed by atoms with Crippen LogP contribution in [0.1, 0.15) is 18.3 Å². The molecule has 2 rings (SSSR count). The van der Waals surface area contributed by atoms with Crippen LogP contribution in [0.15, 0.2) is 27.1 Å². The van der Waals surface area contributed by atoms with Crippen LogP contribution >= 0.6 is 31.9 Å². The lowest BCUT2D eigenvalue weighted by atomic mass is 10.2. The van der Waals surface area contributed by atoms with Crippen molar-refractivity contribution in [2.24, 2.45) is 0 Å². The Balaban J connectivity index is 2.29. The molecule has 0 aromatic heterocycles. The molecule has 0 aliphatic carbocycles. The van der Waals surface area contributed by atoms with Gasteiger partial charge in [0.1, 0.15) is 0 Å². The highest BCUT2D eigenvalue weighted by molar-refractivity contribution is 9.11. The Morgan fingerprint density at radius 2 is 1.64 bits per heavy atom. The van der Waals surface area contributed by atoms with E-state index in [0.717, 1.165) is 34.1 Å². The van der Waals surface area contributed by atoms with Crippen molar-refractivity contribution in [3.8, 4) is 0 Å². The van der Waals surface area contributed by atoms with Gasteiger partial charge < -0.3 is 9.47 Å². The van der Waals surface area contributed by atoms with Crippen molar-refractivity contribution in [1.29, 1.82) is 0 Å². The van der Waals surface area contributed by atoms with Gasteiger partial charge in [-0.15, -0.1) is 0 Å². The lowest BCUT2D eigenvalue weighted by Crippen LogP contribution is -2.18. The van der Waals surface area contributed by atoms with E-state index in [9.17, 15) is 0 Å². The summed E-state index contributed by atoms with van der Waals surface area (Å²) in [6.45, 7) is 1.52. The van der Waals surface area contributed by atoms with Crippen molar-refractivity contribution in [2.45, 2.75) is 12.7 Å². The van der Waals surface area contributed by atoms with Crippen LogP contribution in [0.5, 0.6) is 0 Å². The highest BCUT2D eigenvalue weighted by Crippen LogP contribution is 2.34. The van der Waals surface area contributed by atoms with Crippen molar-refractivity contribution in [1.82, 2.24) is 0 Å². The summed E-state index contributed by atoms with van der Waals surface area (Å²) in [5, 5.41) is 0. The zero-order valence-electron chi connectivity index (χ0n) is 7.50. The molecule has 0 saturated carbocycles. The molecule has 0 spiro atoms. The third-order valence-electron chi connectivity index (χ3n) is 2.06. The molecule has 1 aromatic rings. The second-order valence-corrected chi connectivity index (χ2v) is 4.77. The first-order valence-corrected chi connectivity index (χ1v) is 6.05. The van der Waals surface area contributed by atoms with Gasteiger partial charge in [0.25, 0.3) is 0 Å². The second kappa shape index (κ2) is 4.75. The average molecular weight is 322 g/mol. The minimum atomic E-state index is -0.242. The van der Waals surface area contributed by atoms with Crippen molar-refractivity contribution in [2.75, 3.05) is 13.2 Å². The molecule has 14 heavy (non-hydrogen) atoms. The predicted molar refractivity (Wildman–Crippen MR) is 61.1 cm³/mol. The summed E-state index contributed by atoms with van der Waals surface area (Å²) in [5.41, 5.74) is 1.03. The fourth-order valence-electron chi connectivity index (χ4n) is 1.39. The van der Waals surface area contributed by atoms with E-state index in [-0.39, 0.29) is 6.29 Å². The average Bonchev–Trinajstić information content (AvgIpc) is 2.19. The van der Waals surface area contributed by atoms with E-state index >= 15 is 0 Å². The third-order valence-corrected chi connectivity index (χ3v) is 3.45. The Labute approximate surface area is 99.8 Å². The van der Waals surface area contributed by atoms with Crippen LogP contribution in [0.4, 0.5) is 0 Å². The van der Waals surface area contributed by atoms with Crippen molar-refractivity contribution < 1.29 is 9.47 Å².